The fourth-order valence-corrected chi connectivity index (χ4v) is 1.01. The molecule has 0 saturated heterocycles. The Bertz CT molecular complexity index is 67.5. The van der Waals surface area contributed by atoms with Crippen molar-refractivity contribution in [3.05, 3.63) is 0 Å². The van der Waals surface area contributed by atoms with Crippen molar-refractivity contribution in [2.24, 2.45) is 0 Å². The van der Waals surface area contributed by atoms with Gasteiger partial charge in [-0.15, -0.1) is 0 Å². The normalized spacial score (nSPS) is 18.0. The van der Waals surface area contributed by atoms with E-state index in [1.807, 2.05) is 0 Å². The molecule has 0 aromatic rings. The Balaban J connectivity index is 3.37. The van der Waals surface area contributed by atoms with Gasteiger partial charge in [-0.1, -0.05) is 0 Å². The summed E-state index contributed by atoms with van der Waals surface area (Å²) in [7, 11) is -1.37. The summed E-state index contributed by atoms with van der Waals surface area (Å²) in [4.78, 5) is 8.85. The van der Waals surface area contributed by atoms with Gasteiger partial charge in [0.05, 0.1) is 26.0 Å². The topological polar surface area (TPSA) is 38.7 Å². The van der Waals surface area contributed by atoms with Crippen LogP contribution in [0.1, 0.15) is 6.92 Å². The van der Waals surface area contributed by atoms with E-state index in [0.29, 0.717) is 6.61 Å². The third-order valence-corrected chi connectivity index (χ3v) is 2.44. The fraction of sp³-hybridized carbons (Fsp3) is 1.00. The largest absolute Gasteiger partial charge is 0.475 e. The summed E-state index contributed by atoms with van der Waals surface area (Å²) < 4.78 is 9.17. The lowest BCUT2D eigenvalue weighted by molar-refractivity contribution is 0.233. The minimum Gasteiger partial charge on any atom is -0.183 e. The molecule has 50 valence electrons. The molecule has 0 aliphatic heterocycles. The van der Waals surface area contributed by atoms with Gasteiger partial charge in [0.15, 0.2) is 0 Å². The molecule has 0 amide bonds. The molecule has 0 aromatic carbocycles. The first-order valence-electron chi connectivity index (χ1n) is 2.17. The van der Waals surface area contributed by atoms with Crippen molar-refractivity contribution in [2.45, 2.75) is 6.92 Å². The molecule has 0 radical (unpaired) electrons. The molecule has 1 atom stereocenters. The van der Waals surface area contributed by atoms with E-state index in [-0.39, 0.29) is 0 Å². The zero-order valence-corrected chi connectivity index (χ0v) is 6.65. The van der Waals surface area contributed by atoms with Crippen molar-refractivity contribution in [2.75, 3.05) is 13.7 Å². The van der Waals surface area contributed by atoms with E-state index in [4.69, 9.17) is 4.89 Å². The predicted octanol–water partition coefficient (Wildman–Crippen LogP) is 1.27. The van der Waals surface area contributed by atoms with Crippen LogP contribution in [0.3, 0.4) is 0 Å². The highest BCUT2D eigenvalue weighted by Crippen LogP contribution is 2.60. The Morgan fingerprint density at radius 3 is 2.38 bits per heavy atom. The molecule has 0 spiro atoms. The predicted molar refractivity (Wildman–Crippen MR) is 36.8 cm³/mol. The molecule has 0 heterocycles. The van der Waals surface area contributed by atoms with Crippen LogP contribution in [0, 0.1) is 0 Å². The van der Waals surface area contributed by atoms with Gasteiger partial charge in [-0.3, -0.25) is 0 Å². The number of thiol groups is 1. The van der Waals surface area contributed by atoms with Crippen molar-refractivity contribution in [1.82, 2.24) is 0 Å². The zero-order chi connectivity index (χ0) is 6.62. The second kappa shape index (κ2) is 3.64. The maximum absolute atomic E-state index is 8.85. The monoisotopic (exact) mass is 157 g/mol. The number of hydrogen-bond acceptors (Lipinski definition) is 4. The molecule has 0 bridgehead atoms. The maximum Gasteiger partial charge on any atom is 0.475 e. The average molecular weight is 157 g/mol. The first-order chi connectivity index (χ1) is 3.62. The van der Waals surface area contributed by atoms with Crippen molar-refractivity contribution in [3.8, 4) is 0 Å². The Hall–Kier alpha value is 0.660. The summed E-state index contributed by atoms with van der Waals surface area (Å²) in [6.07, 6.45) is 0. The van der Waals surface area contributed by atoms with Crippen LogP contribution in [0.2, 0.25) is 0 Å². The van der Waals surface area contributed by atoms with Gasteiger partial charge in [-0.05, 0) is 6.92 Å². The van der Waals surface area contributed by atoms with E-state index in [1.165, 1.54) is 7.11 Å². The van der Waals surface area contributed by atoms with Gasteiger partial charge in [-0.2, -0.15) is 13.9 Å². The molecule has 0 fully saturated rings. The molecule has 1 N–H and O–H groups in total. The van der Waals surface area contributed by atoms with E-state index in [1.54, 1.807) is 6.92 Å². The Labute approximate surface area is 54.7 Å². The highest BCUT2D eigenvalue weighted by atomic mass is 32.7. The second-order valence-electron chi connectivity index (χ2n) is 1.09. The third-order valence-electron chi connectivity index (χ3n) is 0.535. The highest BCUT2D eigenvalue weighted by Gasteiger charge is 2.33. The molecule has 8 heavy (non-hydrogen) atoms. The highest BCUT2D eigenvalue weighted by molar-refractivity contribution is 8.47. The fourth-order valence-electron chi connectivity index (χ4n) is 0.221. The van der Waals surface area contributed by atoms with Crippen LogP contribution in [0.25, 0.3) is 0 Å². The van der Waals surface area contributed by atoms with Crippen LogP contribution < -0.4 is 0 Å². The van der Waals surface area contributed by atoms with Gasteiger partial charge in [0.2, 0.25) is 0 Å². The van der Waals surface area contributed by atoms with E-state index >= 15 is 0 Å². The molecule has 1 unspecified atom stereocenters. The van der Waals surface area contributed by atoms with Gasteiger partial charge in [0.25, 0.3) is 0 Å². The van der Waals surface area contributed by atoms with Crippen molar-refractivity contribution >= 4 is 19.4 Å². The summed E-state index contributed by atoms with van der Waals surface area (Å²) in [6.45, 7) is 2.18. The average Bonchev–Trinajstić information content (AvgIpc) is 1.67. The third kappa shape index (κ3) is 3.64. The summed E-state index contributed by atoms with van der Waals surface area (Å²) in [5.74, 6) is 0. The lowest BCUT2D eigenvalue weighted by Crippen LogP contribution is -1.91. The van der Waals surface area contributed by atoms with Crippen LogP contribution in [-0.2, 0) is 9.05 Å². The van der Waals surface area contributed by atoms with E-state index < -0.39 is 7.15 Å². The molecule has 0 aliphatic rings. The SMILES string of the molecule is CCO[P+](O)(S)OC. The smallest absolute Gasteiger partial charge is 0.183 e. The maximum atomic E-state index is 8.85. The summed E-state index contributed by atoms with van der Waals surface area (Å²) in [6, 6.07) is 0. The summed E-state index contributed by atoms with van der Waals surface area (Å²) >= 11 is 3.69. The van der Waals surface area contributed by atoms with E-state index in [0.717, 1.165) is 0 Å². The minimum absolute atomic E-state index is 0.418. The molecule has 5 heteroatoms. The first-order valence-corrected chi connectivity index (χ1v) is 4.90. The van der Waals surface area contributed by atoms with Crippen LogP contribution in [0.4, 0.5) is 0 Å². The van der Waals surface area contributed by atoms with Crippen LogP contribution in [0.15, 0.2) is 0 Å². The Morgan fingerprint density at radius 1 is 1.75 bits per heavy atom. The van der Waals surface area contributed by atoms with Crippen LogP contribution in [0.5, 0.6) is 0 Å². The van der Waals surface area contributed by atoms with Crippen LogP contribution in [-0.4, -0.2) is 18.6 Å². The summed E-state index contributed by atoms with van der Waals surface area (Å²) in [5, 5.41) is 0. The lowest BCUT2D eigenvalue weighted by Gasteiger charge is -2.04. The second-order valence-corrected chi connectivity index (χ2v) is 4.21. The van der Waals surface area contributed by atoms with Crippen molar-refractivity contribution in [3.63, 3.8) is 0 Å². The Morgan fingerprint density at radius 2 is 2.25 bits per heavy atom. The van der Waals surface area contributed by atoms with Gasteiger partial charge in [0, 0.05) is 0 Å². The molecular formula is C3H10O3PS+. The molecule has 0 aliphatic carbocycles. The lowest BCUT2D eigenvalue weighted by atomic mass is 10.9. The number of hydrogen-bond donors (Lipinski definition) is 2. The molecule has 0 aromatic heterocycles. The van der Waals surface area contributed by atoms with E-state index in [9.17, 15) is 0 Å². The van der Waals surface area contributed by atoms with Gasteiger partial charge in [0.1, 0.15) is 0 Å². The quantitative estimate of drug-likeness (QED) is 0.478. The molecular weight excluding hydrogens is 147 g/mol. The van der Waals surface area contributed by atoms with E-state index in [2.05, 4.69) is 21.3 Å². The van der Waals surface area contributed by atoms with Crippen molar-refractivity contribution < 1.29 is 13.9 Å². The van der Waals surface area contributed by atoms with Crippen molar-refractivity contribution in [1.29, 1.82) is 0 Å². The molecule has 0 saturated carbocycles. The van der Waals surface area contributed by atoms with Gasteiger partial charge in [-0.25, -0.2) is 0 Å². The van der Waals surface area contributed by atoms with Gasteiger partial charge >= 0.3 is 7.15 Å². The minimum atomic E-state index is -2.73. The summed E-state index contributed by atoms with van der Waals surface area (Å²) in [5.41, 5.74) is 0. The molecule has 0 rings (SSSR count). The van der Waals surface area contributed by atoms with Gasteiger partial charge < -0.3 is 0 Å². The zero-order valence-electron chi connectivity index (χ0n) is 4.87. The number of rotatable bonds is 3. The van der Waals surface area contributed by atoms with Crippen LogP contribution >= 0.6 is 19.4 Å². The first kappa shape index (κ1) is 8.66. The Kier molecular flexibility index (Phi) is 3.94. The molecule has 3 nitrogen and oxygen atoms in total. The standard InChI is InChI=1S/C3H10O3PS/c1-3-6-7(4,8)5-2/h4,8H,3H2,1-2H3/q+1.